The highest BCUT2D eigenvalue weighted by molar-refractivity contribution is 5.71. The number of unbranched alkanes of at least 4 members (excludes halogenated alkanes) is 40. The molecule has 0 rings (SSSR count). The Morgan fingerprint density at radius 3 is 0.785 bits per heavy atom. The van der Waals surface area contributed by atoms with Gasteiger partial charge in [0.25, 0.3) is 0 Å². The Labute approximate surface area is 491 Å². The molecular weight excluding hydrogens is 973 g/mol. The van der Waals surface area contributed by atoms with Crippen molar-refractivity contribution in [2.45, 2.75) is 361 Å². The summed E-state index contributed by atoms with van der Waals surface area (Å²) in [5.41, 5.74) is 0. The third kappa shape index (κ3) is 65.5. The quantitative estimate of drug-likeness (QED) is 0.0261. The zero-order valence-corrected chi connectivity index (χ0v) is 52.6. The highest BCUT2D eigenvalue weighted by Gasteiger charge is 2.19. The van der Waals surface area contributed by atoms with Crippen LogP contribution in [-0.2, 0) is 28.6 Å². The van der Waals surface area contributed by atoms with Gasteiger partial charge in [-0.1, -0.05) is 318 Å². The Bertz CT molecular complexity index is 1450. The molecule has 0 saturated carbocycles. The van der Waals surface area contributed by atoms with E-state index >= 15 is 0 Å². The van der Waals surface area contributed by atoms with E-state index in [2.05, 4.69) is 93.7 Å². The van der Waals surface area contributed by atoms with Crippen LogP contribution in [0.15, 0.2) is 72.9 Å². The van der Waals surface area contributed by atoms with Gasteiger partial charge in [-0.15, -0.1) is 0 Å². The van der Waals surface area contributed by atoms with Gasteiger partial charge in [-0.2, -0.15) is 0 Å². The van der Waals surface area contributed by atoms with Gasteiger partial charge in [0, 0.05) is 19.3 Å². The highest BCUT2D eigenvalue weighted by Crippen LogP contribution is 2.18. The molecular formula is C73H130O6. The van der Waals surface area contributed by atoms with Crippen molar-refractivity contribution in [2.24, 2.45) is 0 Å². The standard InChI is InChI=1S/C73H130O6/c1-4-7-10-13-16-19-22-24-26-28-30-32-33-34-35-36-37-38-39-41-42-44-46-48-51-54-57-60-63-66-72(75)78-69-70(68-77-71(74)65-62-59-56-53-50-21-18-15-12-9-6-3)79-73(76)67-64-61-58-55-52-49-47-45-43-40-31-29-27-25-23-20-17-14-11-8-5-2/h8,11,17,20,25,27-28,30-31,40,45,47,70H,4-7,9-10,12-16,18-19,21-24,26,29,32-39,41-44,46,48-69H2,1-3H3/b11-8-,20-17-,27-25-,30-28-,40-31-,47-45-. The first kappa shape index (κ1) is 75.8. The van der Waals surface area contributed by atoms with Crippen LogP contribution >= 0.6 is 0 Å². The van der Waals surface area contributed by atoms with Gasteiger partial charge in [0.1, 0.15) is 13.2 Å². The number of hydrogen-bond donors (Lipinski definition) is 0. The van der Waals surface area contributed by atoms with E-state index < -0.39 is 6.10 Å². The molecule has 0 radical (unpaired) electrons. The van der Waals surface area contributed by atoms with Gasteiger partial charge in [0.2, 0.25) is 0 Å². The van der Waals surface area contributed by atoms with Crippen LogP contribution in [0.25, 0.3) is 0 Å². The van der Waals surface area contributed by atoms with Crippen LogP contribution in [0.1, 0.15) is 355 Å². The average molecular weight is 1100 g/mol. The number of rotatable bonds is 63. The van der Waals surface area contributed by atoms with Crippen LogP contribution in [-0.4, -0.2) is 37.2 Å². The van der Waals surface area contributed by atoms with Crippen molar-refractivity contribution in [3.8, 4) is 0 Å². The molecule has 0 spiro atoms. The van der Waals surface area contributed by atoms with Crippen molar-refractivity contribution in [3.05, 3.63) is 72.9 Å². The summed E-state index contributed by atoms with van der Waals surface area (Å²) in [6.07, 6.45) is 87.9. The normalized spacial score (nSPS) is 12.5. The van der Waals surface area contributed by atoms with Gasteiger partial charge in [0.05, 0.1) is 0 Å². The smallest absolute Gasteiger partial charge is 0.306 e. The van der Waals surface area contributed by atoms with E-state index in [1.54, 1.807) is 0 Å². The number of esters is 3. The minimum Gasteiger partial charge on any atom is -0.462 e. The summed E-state index contributed by atoms with van der Waals surface area (Å²) in [5.74, 6) is -0.881. The van der Waals surface area contributed by atoms with E-state index in [-0.39, 0.29) is 31.1 Å². The van der Waals surface area contributed by atoms with E-state index in [9.17, 15) is 14.4 Å². The minimum absolute atomic E-state index is 0.0795. The van der Waals surface area contributed by atoms with Gasteiger partial charge < -0.3 is 14.2 Å². The molecule has 0 aromatic carbocycles. The molecule has 0 saturated heterocycles. The second kappa shape index (κ2) is 67.4. The zero-order chi connectivity index (χ0) is 57.1. The van der Waals surface area contributed by atoms with Crippen LogP contribution in [0.2, 0.25) is 0 Å². The van der Waals surface area contributed by atoms with Gasteiger partial charge in [0.15, 0.2) is 6.10 Å². The molecule has 79 heavy (non-hydrogen) atoms. The highest BCUT2D eigenvalue weighted by atomic mass is 16.6. The molecule has 1 unspecified atom stereocenters. The second-order valence-corrected chi connectivity index (χ2v) is 23.1. The fraction of sp³-hybridized carbons (Fsp3) is 0.795. The fourth-order valence-corrected chi connectivity index (χ4v) is 10.1. The summed E-state index contributed by atoms with van der Waals surface area (Å²) in [5, 5.41) is 0. The summed E-state index contributed by atoms with van der Waals surface area (Å²) in [7, 11) is 0. The SMILES string of the molecule is CC/C=C\C/C=C\C/C=C\C/C=C\C/C=C\CCCCCCCC(=O)OC(COC(=O)CCCCCCCCCCCCC)COC(=O)CCCCCCCCCCCCCCCCCCC/C=C\CCCCCCCCCC. The molecule has 0 bridgehead atoms. The molecule has 0 aliphatic heterocycles. The van der Waals surface area contributed by atoms with Crippen molar-refractivity contribution < 1.29 is 28.6 Å². The maximum absolute atomic E-state index is 12.9. The maximum atomic E-state index is 12.9. The average Bonchev–Trinajstić information content (AvgIpc) is 3.45. The fourth-order valence-electron chi connectivity index (χ4n) is 10.1. The lowest BCUT2D eigenvalue weighted by Gasteiger charge is -2.18. The largest absolute Gasteiger partial charge is 0.462 e. The lowest BCUT2D eigenvalue weighted by molar-refractivity contribution is -0.167. The first-order chi connectivity index (χ1) is 39.0. The second-order valence-electron chi connectivity index (χ2n) is 23.1. The molecule has 6 nitrogen and oxygen atoms in total. The van der Waals surface area contributed by atoms with Gasteiger partial charge >= 0.3 is 17.9 Å². The molecule has 0 N–H and O–H groups in total. The van der Waals surface area contributed by atoms with E-state index in [1.807, 2.05) is 0 Å². The Morgan fingerprint density at radius 1 is 0.266 bits per heavy atom. The lowest BCUT2D eigenvalue weighted by Crippen LogP contribution is -2.30. The number of carbonyl (C=O) groups excluding carboxylic acids is 3. The molecule has 0 fully saturated rings. The summed E-state index contributed by atoms with van der Waals surface area (Å²) in [6.45, 7) is 6.55. The molecule has 0 aliphatic rings. The Balaban J connectivity index is 4.21. The summed E-state index contributed by atoms with van der Waals surface area (Å²) < 4.78 is 16.9. The molecule has 0 aromatic heterocycles. The van der Waals surface area contributed by atoms with E-state index in [1.165, 1.54) is 205 Å². The van der Waals surface area contributed by atoms with Crippen LogP contribution < -0.4 is 0 Å². The maximum Gasteiger partial charge on any atom is 0.306 e. The Hall–Kier alpha value is -3.15. The lowest BCUT2D eigenvalue weighted by atomic mass is 10.0. The third-order valence-electron chi connectivity index (χ3n) is 15.2. The van der Waals surface area contributed by atoms with Crippen molar-refractivity contribution >= 4 is 17.9 Å². The van der Waals surface area contributed by atoms with Gasteiger partial charge in [-0.25, -0.2) is 0 Å². The first-order valence-corrected chi connectivity index (χ1v) is 34.4. The molecule has 1 atom stereocenters. The molecule has 0 aromatic rings. The minimum atomic E-state index is -0.784. The summed E-state index contributed by atoms with van der Waals surface area (Å²) in [4.78, 5) is 38.3. The van der Waals surface area contributed by atoms with Crippen LogP contribution in [0, 0.1) is 0 Å². The summed E-state index contributed by atoms with van der Waals surface area (Å²) >= 11 is 0. The zero-order valence-electron chi connectivity index (χ0n) is 52.6. The number of carbonyl (C=O) groups is 3. The van der Waals surface area contributed by atoms with Crippen LogP contribution in [0.3, 0.4) is 0 Å². The first-order valence-electron chi connectivity index (χ1n) is 34.4. The van der Waals surface area contributed by atoms with E-state index in [0.717, 1.165) is 109 Å². The number of hydrogen-bond acceptors (Lipinski definition) is 6. The molecule has 0 heterocycles. The molecule has 0 amide bonds. The van der Waals surface area contributed by atoms with Crippen molar-refractivity contribution in [1.29, 1.82) is 0 Å². The van der Waals surface area contributed by atoms with E-state index in [4.69, 9.17) is 14.2 Å². The number of allylic oxidation sites excluding steroid dienone is 12. The van der Waals surface area contributed by atoms with Crippen LogP contribution in [0.5, 0.6) is 0 Å². The molecule has 458 valence electrons. The monoisotopic (exact) mass is 1100 g/mol. The van der Waals surface area contributed by atoms with Crippen molar-refractivity contribution in [3.63, 3.8) is 0 Å². The predicted octanol–water partition coefficient (Wildman–Crippen LogP) is 23.7. The Kier molecular flexibility index (Phi) is 64.7. The van der Waals surface area contributed by atoms with Gasteiger partial charge in [-0.3, -0.25) is 14.4 Å². The van der Waals surface area contributed by atoms with Crippen molar-refractivity contribution in [2.75, 3.05) is 13.2 Å². The molecule has 6 heteroatoms. The third-order valence-corrected chi connectivity index (χ3v) is 15.2. The molecule has 0 aliphatic carbocycles. The predicted molar refractivity (Wildman–Crippen MR) is 344 cm³/mol. The van der Waals surface area contributed by atoms with Gasteiger partial charge in [-0.05, 0) is 89.9 Å². The topological polar surface area (TPSA) is 78.9 Å². The Morgan fingerprint density at radius 2 is 0.494 bits per heavy atom. The number of ether oxygens (including phenoxy) is 3. The summed E-state index contributed by atoms with van der Waals surface area (Å²) in [6, 6.07) is 0. The van der Waals surface area contributed by atoms with Crippen molar-refractivity contribution in [1.82, 2.24) is 0 Å². The van der Waals surface area contributed by atoms with E-state index in [0.29, 0.717) is 19.3 Å². The van der Waals surface area contributed by atoms with Crippen LogP contribution in [0.4, 0.5) is 0 Å².